The maximum Gasteiger partial charge on any atom is 0.229 e. The zero-order valence-corrected chi connectivity index (χ0v) is 14.2. The predicted octanol–water partition coefficient (Wildman–Crippen LogP) is 0.901. The van der Waals surface area contributed by atoms with Gasteiger partial charge in [-0.05, 0) is 5.56 Å². The van der Waals surface area contributed by atoms with Gasteiger partial charge in [0, 0.05) is 50.9 Å². The van der Waals surface area contributed by atoms with E-state index in [9.17, 15) is 14.4 Å². The second kappa shape index (κ2) is 7.77. The Labute approximate surface area is 147 Å². The molecule has 2 aliphatic heterocycles. The molecule has 3 amide bonds. The molecule has 0 radical (unpaired) electrons. The van der Waals surface area contributed by atoms with Gasteiger partial charge in [0.05, 0.1) is 0 Å². The fourth-order valence-electron chi connectivity index (χ4n) is 3.32. The zero-order valence-electron chi connectivity index (χ0n) is 13.4. The molecule has 0 bridgehead atoms. The molecule has 6 nitrogen and oxygen atoms in total. The van der Waals surface area contributed by atoms with E-state index in [0.29, 0.717) is 13.1 Å². The topological polar surface area (TPSA) is 83.7 Å². The average Bonchev–Trinajstić information content (AvgIpc) is 3.09. The van der Waals surface area contributed by atoms with Gasteiger partial charge in [-0.1, -0.05) is 30.3 Å². The Balaban J connectivity index is 0.00000208. The van der Waals surface area contributed by atoms with Crippen LogP contribution >= 0.6 is 12.4 Å². The van der Waals surface area contributed by atoms with Gasteiger partial charge in [0.15, 0.2) is 0 Å². The molecular formula is C17H22ClN3O3. The number of hydrogen-bond acceptors (Lipinski definition) is 4. The first-order valence-electron chi connectivity index (χ1n) is 7.98. The molecular weight excluding hydrogens is 330 g/mol. The molecule has 1 aromatic rings. The molecule has 130 valence electrons. The first-order valence-corrected chi connectivity index (χ1v) is 7.98. The van der Waals surface area contributed by atoms with Gasteiger partial charge in [-0.3, -0.25) is 19.3 Å². The number of benzene rings is 1. The van der Waals surface area contributed by atoms with Crippen molar-refractivity contribution in [1.29, 1.82) is 0 Å². The van der Waals surface area contributed by atoms with Crippen molar-refractivity contribution < 1.29 is 14.4 Å². The SMILES string of the molecule is Cl.N[C@@H]1CN(C(=O)CCN2C(=O)CCC2=O)C[C@H]1c1ccccc1. The third kappa shape index (κ3) is 3.76. The van der Waals surface area contributed by atoms with Gasteiger partial charge in [-0.25, -0.2) is 0 Å². The maximum absolute atomic E-state index is 12.4. The number of rotatable bonds is 4. The fourth-order valence-corrected chi connectivity index (χ4v) is 3.32. The molecule has 0 saturated carbocycles. The molecule has 2 saturated heterocycles. The molecule has 2 heterocycles. The number of likely N-dealkylation sites (tertiary alicyclic amines) is 2. The number of halogens is 1. The van der Waals surface area contributed by atoms with E-state index in [0.717, 1.165) is 5.56 Å². The summed E-state index contributed by atoms with van der Waals surface area (Å²) in [6, 6.07) is 9.86. The lowest BCUT2D eigenvalue weighted by Crippen LogP contribution is -2.36. The molecule has 24 heavy (non-hydrogen) atoms. The number of nitrogens with zero attached hydrogens (tertiary/aromatic N) is 2. The molecule has 0 unspecified atom stereocenters. The minimum absolute atomic E-state index is 0. The third-order valence-corrected chi connectivity index (χ3v) is 4.65. The van der Waals surface area contributed by atoms with Crippen LogP contribution in [-0.2, 0) is 14.4 Å². The highest BCUT2D eigenvalue weighted by Crippen LogP contribution is 2.26. The summed E-state index contributed by atoms with van der Waals surface area (Å²) in [5.41, 5.74) is 7.33. The van der Waals surface area contributed by atoms with Crippen molar-refractivity contribution in [1.82, 2.24) is 9.80 Å². The minimum Gasteiger partial charge on any atom is -0.340 e. The van der Waals surface area contributed by atoms with Crippen LogP contribution in [0.5, 0.6) is 0 Å². The molecule has 0 spiro atoms. The van der Waals surface area contributed by atoms with E-state index in [1.54, 1.807) is 4.90 Å². The van der Waals surface area contributed by atoms with Crippen molar-refractivity contribution in [3.05, 3.63) is 35.9 Å². The van der Waals surface area contributed by atoms with Gasteiger partial charge in [-0.2, -0.15) is 0 Å². The van der Waals surface area contributed by atoms with Crippen molar-refractivity contribution >= 4 is 30.1 Å². The number of hydrogen-bond donors (Lipinski definition) is 1. The van der Waals surface area contributed by atoms with E-state index in [-0.39, 0.29) is 67.9 Å². The highest BCUT2D eigenvalue weighted by Gasteiger charge is 2.35. The Bertz CT molecular complexity index is 607. The van der Waals surface area contributed by atoms with Gasteiger partial charge >= 0.3 is 0 Å². The normalized spacial score (nSPS) is 23.5. The van der Waals surface area contributed by atoms with Crippen LogP contribution in [0.4, 0.5) is 0 Å². The monoisotopic (exact) mass is 351 g/mol. The molecule has 1 aromatic carbocycles. The summed E-state index contributed by atoms with van der Waals surface area (Å²) in [5.74, 6) is -0.271. The lowest BCUT2D eigenvalue weighted by molar-refractivity contribution is -0.139. The van der Waals surface area contributed by atoms with E-state index in [1.807, 2.05) is 30.3 Å². The van der Waals surface area contributed by atoms with Crippen LogP contribution < -0.4 is 5.73 Å². The molecule has 2 fully saturated rings. The summed E-state index contributed by atoms with van der Waals surface area (Å²) in [6.45, 7) is 1.28. The average molecular weight is 352 g/mol. The van der Waals surface area contributed by atoms with Crippen LogP contribution in [0.1, 0.15) is 30.7 Å². The first kappa shape index (κ1) is 18.4. The number of carbonyl (C=O) groups excluding carboxylic acids is 3. The largest absolute Gasteiger partial charge is 0.340 e. The van der Waals surface area contributed by atoms with Crippen molar-refractivity contribution in [2.45, 2.75) is 31.2 Å². The van der Waals surface area contributed by atoms with Crippen molar-refractivity contribution in [2.24, 2.45) is 5.73 Å². The van der Waals surface area contributed by atoms with E-state index in [4.69, 9.17) is 5.73 Å². The number of carbonyl (C=O) groups is 3. The van der Waals surface area contributed by atoms with Crippen LogP contribution in [0.3, 0.4) is 0 Å². The third-order valence-electron chi connectivity index (χ3n) is 4.65. The van der Waals surface area contributed by atoms with Crippen LogP contribution in [0.25, 0.3) is 0 Å². The number of imide groups is 1. The van der Waals surface area contributed by atoms with E-state index in [1.165, 1.54) is 4.90 Å². The summed E-state index contributed by atoms with van der Waals surface area (Å²) in [7, 11) is 0. The predicted molar refractivity (Wildman–Crippen MR) is 91.6 cm³/mol. The van der Waals surface area contributed by atoms with Crippen LogP contribution in [0, 0.1) is 0 Å². The quantitative estimate of drug-likeness (QED) is 0.817. The zero-order chi connectivity index (χ0) is 16.4. The van der Waals surface area contributed by atoms with E-state index in [2.05, 4.69) is 0 Å². The fraction of sp³-hybridized carbons (Fsp3) is 0.471. The van der Waals surface area contributed by atoms with E-state index < -0.39 is 0 Å². The molecule has 2 atom stereocenters. The molecule has 7 heteroatoms. The second-order valence-corrected chi connectivity index (χ2v) is 6.17. The van der Waals surface area contributed by atoms with Crippen molar-refractivity contribution in [3.8, 4) is 0 Å². The first-order chi connectivity index (χ1) is 11.1. The van der Waals surface area contributed by atoms with E-state index >= 15 is 0 Å². The number of nitrogens with two attached hydrogens (primary N) is 1. The molecule has 2 N–H and O–H groups in total. The molecule has 3 rings (SSSR count). The highest BCUT2D eigenvalue weighted by atomic mass is 35.5. The van der Waals surface area contributed by atoms with Gasteiger partial charge in [0.2, 0.25) is 17.7 Å². The minimum atomic E-state index is -0.178. The summed E-state index contributed by atoms with van der Waals surface area (Å²) in [5, 5.41) is 0. The van der Waals surface area contributed by atoms with Gasteiger partial charge in [0.1, 0.15) is 0 Å². The van der Waals surface area contributed by atoms with Gasteiger partial charge < -0.3 is 10.6 Å². The van der Waals surface area contributed by atoms with Crippen molar-refractivity contribution in [3.63, 3.8) is 0 Å². The Morgan fingerprint density at radius 2 is 1.71 bits per heavy atom. The summed E-state index contributed by atoms with van der Waals surface area (Å²) in [6.07, 6.45) is 0.696. The Morgan fingerprint density at radius 1 is 1.08 bits per heavy atom. The smallest absolute Gasteiger partial charge is 0.229 e. The van der Waals surface area contributed by atoms with Crippen molar-refractivity contribution in [2.75, 3.05) is 19.6 Å². The lowest BCUT2D eigenvalue weighted by atomic mass is 9.95. The number of amides is 3. The summed E-state index contributed by atoms with van der Waals surface area (Å²) in [4.78, 5) is 38.4. The lowest BCUT2D eigenvalue weighted by Gasteiger charge is -2.19. The summed E-state index contributed by atoms with van der Waals surface area (Å²) >= 11 is 0. The Morgan fingerprint density at radius 3 is 2.33 bits per heavy atom. The van der Waals surface area contributed by atoms with Crippen LogP contribution in [0.15, 0.2) is 30.3 Å². The maximum atomic E-state index is 12.4. The van der Waals surface area contributed by atoms with Gasteiger partial charge in [-0.15, -0.1) is 12.4 Å². The Kier molecular flexibility index (Phi) is 5.96. The molecule has 0 aliphatic carbocycles. The highest BCUT2D eigenvalue weighted by molar-refractivity contribution is 6.02. The molecule has 2 aliphatic rings. The van der Waals surface area contributed by atoms with Gasteiger partial charge in [0.25, 0.3) is 0 Å². The van der Waals surface area contributed by atoms with Crippen LogP contribution in [-0.4, -0.2) is 53.2 Å². The molecule has 0 aromatic heterocycles. The Hall–Kier alpha value is -1.92. The standard InChI is InChI=1S/C17H21N3O3.ClH/c18-14-11-19(10-13(14)12-4-2-1-3-5-12)15(21)8-9-20-16(22)6-7-17(20)23;/h1-5,13-14H,6-11,18H2;1H/t13-,14+;/m0./s1. The summed E-state index contributed by atoms with van der Waals surface area (Å²) < 4.78 is 0. The van der Waals surface area contributed by atoms with Crippen LogP contribution in [0.2, 0.25) is 0 Å². The second-order valence-electron chi connectivity index (χ2n) is 6.17.